The lowest BCUT2D eigenvalue weighted by molar-refractivity contribution is 0.245. The highest BCUT2D eigenvalue weighted by Crippen LogP contribution is 2.46. The summed E-state index contributed by atoms with van der Waals surface area (Å²) in [4.78, 5) is 2.35. The molecule has 1 aromatic rings. The van der Waals surface area contributed by atoms with Crippen LogP contribution >= 0.6 is 0 Å². The Hall–Kier alpha value is -0.910. The van der Waals surface area contributed by atoms with E-state index < -0.39 is 10.0 Å². The minimum Gasteiger partial charge on any atom is -0.306 e. The van der Waals surface area contributed by atoms with Crippen LogP contribution in [0.1, 0.15) is 37.2 Å². The summed E-state index contributed by atoms with van der Waals surface area (Å²) in [7, 11) is -1.06. The molecule has 2 saturated carbocycles. The summed E-state index contributed by atoms with van der Waals surface area (Å²) in [6, 6.07) is 10.2. The van der Waals surface area contributed by atoms with Gasteiger partial charge in [0, 0.05) is 25.0 Å². The Balaban J connectivity index is 1.44. The van der Waals surface area contributed by atoms with E-state index in [1.165, 1.54) is 6.42 Å². The lowest BCUT2D eigenvalue weighted by Gasteiger charge is -2.33. The number of sulfonamides is 1. The number of benzene rings is 1. The van der Waals surface area contributed by atoms with E-state index in [0.717, 1.165) is 37.9 Å². The second-order valence-electron chi connectivity index (χ2n) is 7.64. The smallest absolute Gasteiger partial charge is 0.215 e. The summed E-state index contributed by atoms with van der Waals surface area (Å²) in [5.74, 6) is 1.35. The van der Waals surface area contributed by atoms with Gasteiger partial charge in [0.25, 0.3) is 0 Å². The van der Waals surface area contributed by atoms with Gasteiger partial charge in [0.15, 0.2) is 0 Å². The van der Waals surface area contributed by atoms with Crippen LogP contribution in [0.5, 0.6) is 0 Å². The summed E-state index contributed by atoms with van der Waals surface area (Å²) in [6.45, 7) is 2.16. The molecule has 0 spiro atoms. The molecule has 3 fully saturated rings. The Bertz CT molecular complexity index is 661. The molecule has 0 radical (unpaired) electrons. The van der Waals surface area contributed by atoms with Crippen LogP contribution in [-0.2, 0) is 10.0 Å². The average Bonchev–Trinajstić information content (AvgIpc) is 3.25. The number of nitrogens with zero attached hydrogens (tertiary/aromatic N) is 1. The van der Waals surface area contributed by atoms with Crippen LogP contribution in [-0.4, -0.2) is 44.7 Å². The first-order valence-electron chi connectivity index (χ1n) is 8.79. The van der Waals surface area contributed by atoms with Crippen LogP contribution in [0.25, 0.3) is 0 Å². The molecule has 1 saturated heterocycles. The molecule has 0 aromatic heterocycles. The Kier molecular flexibility index (Phi) is 3.98. The molecule has 0 amide bonds. The van der Waals surface area contributed by atoms with Crippen molar-refractivity contribution in [3.63, 3.8) is 0 Å². The largest absolute Gasteiger partial charge is 0.306 e. The molecule has 2 aliphatic carbocycles. The molecule has 3 aliphatic rings. The lowest BCUT2D eigenvalue weighted by atomic mass is 9.78. The number of hydrogen-bond acceptors (Lipinski definition) is 3. The molecule has 126 valence electrons. The third kappa shape index (κ3) is 3.06. The van der Waals surface area contributed by atoms with Gasteiger partial charge >= 0.3 is 0 Å². The predicted octanol–water partition coefficient (Wildman–Crippen LogP) is 2.19. The maximum Gasteiger partial charge on any atom is 0.215 e. The molecule has 1 aromatic carbocycles. The van der Waals surface area contributed by atoms with E-state index in [-0.39, 0.29) is 17.2 Å². The SMILES string of the molecule is CN1CC2CCCC(NS(=O)(=O)C3CC3c3ccccc3)C2C1. The van der Waals surface area contributed by atoms with Crippen molar-refractivity contribution in [1.82, 2.24) is 9.62 Å². The number of rotatable bonds is 4. The highest BCUT2D eigenvalue weighted by Gasteiger charge is 2.50. The van der Waals surface area contributed by atoms with E-state index in [9.17, 15) is 8.42 Å². The Morgan fingerprint density at radius 2 is 1.91 bits per heavy atom. The Labute approximate surface area is 139 Å². The molecule has 5 atom stereocenters. The molecule has 1 aliphatic heterocycles. The van der Waals surface area contributed by atoms with Crippen molar-refractivity contribution >= 4 is 10.0 Å². The van der Waals surface area contributed by atoms with Gasteiger partial charge in [0.2, 0.25) is 10.0 Å². The quantitative estimate of drug-likeness (QED) is 0.918. The maximum atomic E-state index is 12.8. The second-order valence-corrected chi connectivity index (χ2v) is 9.57. The summed E-state index contributed by atoms with van der Waals surface area (Å²) in [5.41, 5.74) is 1.16. The van der Waals surface area contributed by atoms with E-state index >= 15 is 0 Å². The fourth-order valence-corrected chi connectivity index (χ4v) is 6.64. The van der Waals surface area contributed by atoms with Crippen molar-refractivity contribution in [3.8, 4) is 0 Å². The van der Waals surface area contributed by atoms with Gasteiger partial charge in [-0.05, 0) is 43.7 Å². The van der Waals surface area contributed by atoms with E-state index in [1.54, 1.807) is 0 Å². The zero-order chi connectivity index (χ0) is 16.0. The molecule has 5 heteroatoms. The molecular weight excluding hydrogens is 308 g/mol. The minimum atomic E-state index is -3.21. The standard InChI is InChI=1S/C18H26N2O2S/c1-20-11-14-8-5-9-17(16(14)12-20)19-23(21,22)18-10-15(18)13-6-3-2-4-7-13/h2-4,6-7,14-19H,5,8-12H2,1H3. The lowest BCUT2D eigenvalue weighted by Crippen LogP contribution is -2.46. The zero-order valence-electron chi connectivity index (χ0n) is 13.7. The van der Waals surface area contributed by atoms with Gasteiger partial charge < -0.3 is 4.90 Å². The second kappa shape index (κ2) is 5.87. The number of likely N-dealkylation sites (tertiary alicyclic amines) is 1. The van der Waals surface area contributed by atoms with Gasteiger partial charge in [0.1, 0.15) is 0 Å². The van der Waals surface area contributed by atoms with Crippen LogP contribution in [0.2, 0.25) is 0 Å². The van der Waals surface area contributed by atoms with Crippen LogP contribution in [0.15, 0.2) is 30.3 Å². The van der Waals surface area contributed by atoms with Crippen LogP contribution in [0, 0.1) is 11.8 Å². The number of nitrogens with one attached hydrogen (secondary N) is 1. The summed E-state index contributed by atoms with van der Waals surface area (Å²) in [6.07, 6.45) is 4.16. The monoisotopic (exact) mass is 334 g/mol. The normalized spacial score (nSPS) is 37.5. The molecule has 4 nitrogen and oxygen atoms in total. The molecular formula is C18H26N2O2S. The third-order valence-corrected chi connectivity index (χ3v) is 7.90. The van der Waals surface area contributed by atoms with Crippen molar-refractivity contribution < 1.29 is 8.42 Å². The first kappa shape index (κ1) is 15.6. The summed E-state index contributed by atoms with van der Waals surface area (Å²) >= 11 is 0. The average molecular weight is 334 g/mol. The van der Waals surface area contributed by atoms with Crippen molar-refractivity contribution in [2.45, 2.75) is 42.9 Å². The fourth-order valence-electron chi connectivity index (χ4n) is 4.70. The van der Waals surface area contributed by atoms with Crippen LogP contribution < -0.4 is 4.72 Å². The predicted molar refractivity (Wildman–Crippen MR) is 91.8 cm³/mol. The molecule has 1 heterocycles. The van der Waals surface area contributed by atoms with Crippen molar-refractivity contribution in [2.75, 3.05) is 20.1 Å². The number of hydrogen-bond donors (Lipinski definition) is 1. The van der Waals surface area contributed by atoms with Crippen molar-refractivity contribution in [3.05, 3.63) is 35.9 Å². The first-order valence-corrected chi connectivity index (χ1v) is 10.3. The Morgan fingerprint density at radius 3 is 2.70 bits per heavy atom. The fraction of sp³-hybridized carbons (Fsp3) is 0.667. The minimum absolute atomic E-state index is 0.140. The van der Waals surface area contributed by atoms with E-state index in [0.29, 0.717) is 11.8 Å². The van der Waals surface area contributed by atoms with E-state index in [2.05, 4.69) is 16.7 Å². The molecule has 1 N–H and O–H groups in total. The van der Waals surface area contributed by atoms with Crippen molar-refractivity contribution in [1.29, 1.82) is 0 Å². The molecule has 0 bridgehead atoms. The molecule has 4 rings (SSSR count). The van der Waals surface area contributed by atoms with Crippen LogP contribution in [0.3, 0.4) is 0 Å². The maximum absolute atomic E-state index is 12.8. The van der Waals surface area contributed by atoms with E-state index in [4.69, 9.17) is 0 Å². The van der Waals surface area contributed by atoms with Gasteiger partial charge in [-0.25, -0.2) is 13.1 Å². The summed E-state index contributed by atoms with van der Waals surface area (Å²) < 4.78 is 28.7. The number of fused-ring (bicyclic) bond motifs is 1. The summed E-state index contributed by atoms with van der Waals surface area (Å²) in [5, 5.41) is -0.232. The van der Waals surface area contributed by atoms with Gasteiger partial charge in [-0.1, -0.05) is 36.8 Å². The zero-order valence-corrected chi connectivity index (χ0v) is 14.5. The van der Waals surface area contributed by atoms with E-state index in [1.807, 2.05) is 30.3 Å². The first-order chi connectivity index (χ1) is 11.0. The Morgan fingerprint density at radius 1 is 1.13 bits per heavy atom. The topological polar surface area (TPSA) is 49.4 Å². The highest BCUT2D eigenvalue weighted by molar-refractivity contribution is 7.90. The van der Waals surface area contributed by atoms with Gasteiger partial charge in [0.05, 0.1) is 5.25 Å². The van der Waals surface area contributed by atoms with Crippen molar-refractivity contribution in [2.24, 2.45) is 11.8 Å². The van der Waals surface area contributed by atoms with Gasteiger partial charge in [-0.3, -0.25) is 0 Å². The van der Waals surface area contributed by atoms with Gasteiger partial charge in [-0.15, -0.1) is 0 Å². The third-order valence-electron chi connectivity index (χ3n) is 5.95. The van der Waals surface area contributed by atoms with Crippen LogP contribution in [0.4, 0.5) is 0 Å². The van der Waals surface area contributed by atoms with Gasteiger partial charge in [-0.2, -0.15) is 0 Å². The molecule has 5 unspecified atom stereocenters. The highest BCUT2D eigenvalue weighted by atomic mass is 32.2. The molecule has 23 heavy (non-hydrogen) atoms.